The van der Waals surface area contributed by atoms with Gasteiger partial charge >= 0.3 is 5.97 Å². The molecule has 0 aromatic heterocycles. The molecule has 0 aromatic carbocycles. The third-order valence-electron chi connectivity index (χ3n) is 3.87. The van der Waals surface area contributed by atoms with Crippen molar-refractivity contribution in [1.29, 1.82) is 0 Å². The van der Waals surface area contributed by atoms with Crippen LogP contribution in [0.25, 0.3) is 0 Å². The molecule has 2 nitrogen and oxygen atoms in total. The second kappa shape index (κ2) is 7.52. The largest absolute Gasteiger partial charge is 0.456 e. The molecule has 2 atom stereocenters. The lowest BCUT2D eigenvalue weighted by Gasteiger charge is -2.34. The molecule has 19 heavy (non-hydrogen) atoms. The highest BCUT2D eigenvalue weighted by Crippen LogP contribution is 2.29. The monoisotopic (exact) mass is 266 g/mol. The molecule has 0 rings (SSSR count). The molecule has 0 saturated heterocycles. The van der Waals surface area contributed by atoms with Gasteiger partial charge in [-0.2, -0.15) is 0 Å². The first kappa shape index (κ1) is 17.9. The maximum atomic E-state index is 12.4. The number of carbonyl (C=O) groups excluding carboxylic acids is 1. The van der Waals surface area contributed by atoms with Crippen molar-refractivity contribution >= 4 is 5.97 Å². The van der Waals surface area contributed by atoms with E-state index >= 15 is 0 Å². The molecule has 0 radical (unpaired) electrons. The fourth-order valence-corrected chi connectivity index (χ4v) is 1.92. The number of rotatable bonds is 6. The number of carbonyl (C=O) groups is 1. The van der Waals surface area contributed by atoms with Crippen molar-refractivity contribution in [3.8, 4) is 0 Å². The average molecular weight is 266 g/mol. The molecule has 110 valence electrons. The molecule has 0 fully saturated rings. The highest BCUT2D eigenvalue weighted by molar-refractivity contribution is 5.92. The number of esters is 1. The normalized spacial score (nSPS) is 15.2. The predicted octanol–water partition coefficient (Wildman–Crippen LogP) is 5.05. The maximum absolute atomic E-state index is 12.4. The molecular weight excluding hydrogens is 236 g/mol. The molecule has 0 heterocycles. The molecule has 0 amide bonds. The van der Waals surface area contributed by atoms with E-state index in [1.165, 1.54) is 0 Å². The molecule has 0 spiro atoms. The van der Waals surface area contributed by atoms with E-state index in [1.807, 2.05) is 40.7 Å². The minimum Gasteiger partial charge on any atom is -0.456 e. The Kier molecular flexibility index (Phi) is 7.10. The van der Waals surface area contributed by atoms with Crippen LogP contribution in [0.15, 0.2) is 22.8 Å². The average Bonchev–Trinajstić information content (AvgIpc) is 2.33. The van der Waals surface area contributed by atoms with Gasteiger partial charge in [0.2, 0.25) is 0 Å². The highest BCUT2D eigenvalue weighted by atomic mass is 16.6. The first-order valence-corrected chi connectivity index (χ1v) is 7.23. The lowest BCUT2D eigenvalue weighted by molar-refractivity contribution is -0.158. The second-order valence-corrected chi connectivity index (χ2v) is 6.00. The lowest BCUT2D eigenvalue weighted by Crippen LogP contribution is -2.38. The molecule has 2 unspecified atom stereocenters. The fourth-order valence-electron chi connectivity index (χ4n) is 1.92. The summed E-state index contributed by atoms with van der Waals surface area (Å²) in [6.07, 6.45) is 3.74. The predicted molar refractivity (Wildman–Crippen MR) is 82.0 cm³/mol. The quantitative estimate of drug-likeness (QED) is 0.382. The van der Waals surface area contributed by atoms with Gasteiger partial charge in [0.15, 0.2) is 0 Å². The van der Waals surface area contributed by atoms with Crippen molar-refractivity contribution in [2.75, 3.05) is 0 Å². The van der Waals surface area contributed by atoms with Gasteiger partial charge in [0.1, 0.15) is 5.60 Å². The van der Waals surface area contributed by atoms with Crippen molar-refractivity contribution in [3.63, 3.8) is 0 Å². The van der Waals surface area contributed by atoms with Crippen molar-refractivity contribution in [2.45, 2.75) is 73.8 Å². The van der Waals surface area contributed by atoms with E-state index in [9.17, 15) is 4.79 Å². The number of allylic oxidation sites excluding steroid dienone is 2. The summed E-state index contributed by atoms with van der Waals surface area (Å²) in [4.78, 5) is 12.4. The van der Waals surface area contributed by atoms with Crippen LogP contribution in [0.3, 0.4) is 0 Å². The smallest absolute Gasteiger partial charge is 0.338 e. The summed E-state index contributed by atoms with van der Waals surface area (Å²) in [6.45, 7) is 16.2. The standard InChI is InChI=1S/C17H30O2/c1-9-14(7)17(8,10-2)19-16(18)15(13(5)6)11-12(3)4/h11,14H,9-10H2,1-8H3. The van der Waals surface area contributed by atoms with Gasteiger partial charge in [-0.3, -0.25) is 0 Å². The van der Waals surface area contributed by atoms with Gasteiger partial charge < -0.3 is 4.74 Å². The summed E-state index contributed by atoms with van der Waals surface area (Å²) in [5.41, 5.74) is 2.40. The van der Waals surface area contributed by atoms with Gasteiger partial charge in [0, 0.05) is 0 Å². The van der Waals surface area contributed by atoms with Crippen molar-refractivity contribution in [2.24, 2.45) is 5.92 Å². The number of hydrogen-bond donors (Lipinski definition) is 0. The van der Waals surface area contributed by atoms with Crippen LogP contribution >= 0.6 is 0 Å². The number of hydrogen-bond acceptors (Lipinski definition) is 2. The summed E-state index contributed by atoms with van der Waals surface area (Å²) < 4.78 is 5.82. The first-order valence-electron chi connectivity index (χ1n) is 7.23. The Bertz CT molecular complexity index is 369. The van der Waals surface area contributed by atoms with Gasteiger partial charge in [-0.15, -0.1) is 0 Å². The Balaban J connectivity index is 5.22. The SMILES string of the molecule is CCC(C)C(C)(CC)OC(=O)C(C=C(C)C)=C(C)C. The minimum atomic E-state index is -0.387. The molecule has 0 aliphatic carbocycles. The van der Waals surface area contributed by atoms with Crippen molar-refractivity contribution in [3.05, 3.63) is 22.8 Å². The zero-order valence-electron chi connectivity index (χ0n) is 13.9. The van der Waals surface area contributed by atoms with E-state index in [1.54, 1.807) is 0 Å². The molecule has 2 heteroatoms. The van der Waals surface area contributed by atoms with Crippen LogP contribution in [0.5, 0.6) is 0 Å². The Morgan fingerprint density at radius 1 is 1.21 bits per heavy atom. The Hall–Kier alpha value is -1.05. The second-order valence-electron chi connectivity index (χ2n) is 6.00. The van der Waals surface area contributed by atoms with Crippen LogP contribution in [0.4, 0.5) is 0 Å². The third-order valence-corrected chi connectivity index (χ3v) is 3.87. The lowest BCUT2D eigenvalue weighted by atomic mass is 9.86. The molecule has 0 aromatic rings. The van der Waals surface area contributed by atoms with Crippen molar-refractivity contribution < 1.29 is 9.53 Å². The van der Waals surface area contributed by atoms with Crippen LogP contribution in [-0.2, 0) is 9.53 Å². The first-order chi connectivity index (χ1) is 8.67. The third kappa shape index (κ3) is 5.22. The summed E-state index contributed by atoms with van der Waals surface area (Å²) in [6, 6.07) is 0. The van der Waals surface area contributed by atoms with Crippen LogP contribution in [0, 0.1) is 5.92 Å². The van der Waals surface area contributed by atoms with E-state index in [0.29, 0.717) is 11.5 Å². The molecule has 0 N–H and O–H groups in total. The topological polar surface area (TPSA) is 26.3 Å². The van der Waals surface area contributed by atoms with E-state index < -0.39 is 0 Å². The van der Waals surface area contributed by atoms with Crippen LogP contribution < -0.4 is 0 Å². The van der Waals surface area contributed by atoms with E-state index in [2.05, 4.69) is 20.8 Å². The highest BCUT2D eigenvalue weighted by Gasteiger charge is 2.33. The fraction of sp³-hybridized carbons (Fsp3) is 0.706. The molecule has 0 saturated carbocycles. The Morgan fingerprint density at radius 2 is 1.74 bits per heavy atom. The van der Waals surface area contributed by atoms with Gasteiger partial charge in [-0.1, -0.05) is 31.9 Å². The molecule has 0 aliphatic rings. The zero-order valence-corrected chi connectivity index (χ0v) is 13.9. The number of ether oxygens (including phenoxy) is 1. The van der Waals surface area contributed by atoms with Gasteiger partial charge in [-0.25, -0.2) is 4.79 Å². The molecule has 0 bridgehead atoms. The van der Waals surface area contributed by atoms with Gasteiger partial charge in [0.05, 0.1) is 5.57 Å². The maximum Gasteiger partial charge on any atom is 0.338 e. The molecule has 0 aliphatic heterocycles. The summed E-state index contributed by atoms with van der Waals surface area (Å²) >= 11 is 0. The van der Waals surface area contributed by atoms with Crippen LogP contribution in [0.1, 0.15) is 68.2 Å². The summed E-state index contributed by atoms with van der Waals surface area (Å²) in [7, 11) is 0. The van der Waals surface area contributed by atoms with Crippen LogP contribution in [-0.4, -0.2) is 11.6 Å². The van der Waals surface area contributed by atoms with E-state index in [-0.39, 0.29) is 11.6 Å². The van der Waals surface area contributed by atoms with E-state index in [0.717, 1.165) is 24.0 Å². The Morgan fingerprint density at radius 3 is 2.05 bits per heavy atom. The zero-order chi connectivity index (χ0) is 15.2. The van der Waals surface area contributed by atoms with E-state index in [4.69, 9.17) is 4.74 Å². The van der Waals surface area contributed by atoms with Gasteiger partial charge in [-0.05, 0) is 59.5 Å². The summed E-state index contributed by atoms with van der Waals surface area (Å²) in [5.74, 6) is 0.150. The van der Waals surface area contributed by atoms with Gasteiger partial charge in [0.25, 0.3) is 0 Å². The molecular formula is C17H30O2. The minimum absolute atomic E-state index is 0.203. The summed E-state index contributed by atoms with van der Waals surface area (Å²) in [5, 5.41) is 0. The Labute approximate surface area is 118 Å². The van der Waals surface area contributed by atoms with Crippen molar-refractivity contribution in [1.82, 2.24) is 0 Å². The van der Waals surface area contributed by atoms with Crippen LogP contribution in [0.2, 0.25) is 0 Å².